The van der Waals surface area contributed by atoms with E-state index in [1.165, 1.54) is 11.1 Å². The predicted octanol–water partition coefficient (Wildman–Crippen LogP) is 5.00. The predicted molar refractivity (Wildman–Crippen MR) is 103 cm³/mol. The lowest BCUT2D eigenvalue weighted by Crippen LogP contribution is -2.04. The van der Waals surface area contributed by atoms with Crippen LogP contribution >= 0.6 is 11.8 Å². The van der Waals surface area contributed by atoms with Crippen LogP contribution in [0.3, 0.4) is 0 Å². The Morgan fingerprint density at radius 3 is 2.48 bits per heavy atom. The standard InChI is InChI=1S/C20H23N3OS/c1-14(2)19-21-22-20(25-13-16-7-5-6-15(3)12-16)23(19)17-8-10-18(24-4)11-9-17/h5-12,14H,13H2,1-4H3. The number of nitrogens with zero attached hydrogens (tertiary/aromatic N) is 3. The first-order chi connectivity index (χ1) is 12.1. The van der Waals surface area contributed by atoms with Crippen molar-refractivity contribution in [1.29, 1.82) is 0 Å². The summed E-state index contributed by atoms with van der Waals surface area (Å²) < 4.78 is 7.41. The Kier molecular flexibility index (Phi) is 5.43. The molecular weight excluding hydrogens is 330 g/mol. The van der Waals surface area contributed by atoms with Crippen molar-refractivity contribution in [1.82, 2.24) is 14.8 Å². The number of thioether (sulfide) groups is 1. The van der Waals surface area contributed by atoms with Gasteiger partial charge in [0.2, 0.25) is 0 Å². The summed E-state index contributed by atoms with van der Waals surface area (Å²) in [4.78, 5) is 0. The number of ether oxygens (including phenoxy) is 1. The van der Waals surface area contributed by atoms with E-state index in [0.717, 1.165) is 28.2 Å². The minimum absolute atomic E-state index is 0.294. The van der Waals surface area contributed by atoms with Crippen LogP contribution in [-0.2, 0) is 5.75 Å². The van der Waals surface area contributed by atoms with E-state index in [9.17, 15) is 0 Å². The van der Waals surface area contributed by atoms with Crippen molar-refractivity contribution in [2.24, 2.45) is 0 Å². The molecule has 0 fully saturated rings. The van der Waals surface area contributed by atoms with Gasteiger partial charge in [0.15, 0.2) is 5.16 Å². The third-order valence-corrected chi connectivity index (χ3v) is 4.96. The fraction of sp³-hybridized carbons (Fsp3) is 0.300. The molecule has 3 aromatic rings. The normalized spacial score (nSPS) is 11.1. The second kappa shape index (κ2) is 7.74. The summed E-state index contributed by atoms with van der Waals surface area (Å²) in [6.07, 6.45) is 0. The second-order valence-electron chi connectivity index (χ2n) is 6.31. The van der Waals surface area contributed by atoms with Gasteiger partial charge in [-0.15, -0.1) is 10.2 Å². The molecule has 0 saturated heterocycles. The topological polar surface area (TPSA) is 39.9 Å². The average molecular weight is 353 g/mol. The summed E-state index contributed by atoms with van der Waals surface area (Å²) in [6.45, 7) is 6.39. The summed E-state index contributed by atoms with van der Waals surface area (Å²) in [6, 6.07) is 16.6. The number of rotatable bonds is 6. The zero-order valence-electron chi connectivity index (χ0n) is 15.1. The molecule has 0 amide bonds. The minimum Gasteiger partial charge on any atom is -0.497 e. The summed E-state index contributed by atoms with van der Waals surface area (Å²) in [7, 11) is 1.68. The van der Waals surface area contributed by atoms with Gasteiger partial charge in [0.25, 0.3) is 0 Å². The maximum absolute atomic E-state index is 5.27. The van der Waals surface area contributed by atoms with E-state index >= 15 is 0 Å². The SMILES string of the molecule is COc1ccc(-n2c(SCc3cccc(C)c3)nnc2C(C)C)cc1. The summed E-state index contributed by atoms with van der Waals surface area (Å²) in [5.41, 5.74) is 3.62. The van der Waals surface area contributed by atoms with Gasteiger partial charge in [0, 0.05) is 17.4 Å². The Bertz CT molecular complexity index is 840. The molecule has 0 aliphatic carbocycles. The van der Waals surface area contributed by atoms with E-state index in [1.54, 1.807) is 18.9 Å². The number of aromatic nitrogens is 3. The molecule has 0 atom stereocenters. The van der Waals surface area contributed by atoms with E-state index in [2.05, 4.69) is 59.8 Å². The van der Waals surface area contributed by atoms with Crippen LogP contribution in [0.5, 0.6) is 5.75 Å². The number of hydrogen-bond acceptors (Lipinski definition) is 4. The number of hydrogen-bond donors (Lipinski definition) is 0. The van der Waals surface area contributed by atoms with Gasteiger partial charge in [-0.1, -0.05) is 55.4 Å². The molecule has 0 aliphatic rings. The van der Waals surface area contributed by atoms with Crippen molar-refractivity contribution < 1.29 is 4.74 Å². The lowest BCUT2D eigenvalue weighted by atomic mass is 10.2. The highest BCUT2D eigenvalue weighted by molar-refractivity contribution is 7.98. The van der Waals surface area contributed by atoms with Crippen LogP contribution in [0.25, 0.3) is 5.69 Å². The Hall–Kier alpha value is -2.27. The molecule has 0 spiro atoms. The van der Waals surface area contributed by atoms with Crippen LogP contribution < -0.4 is 4.74 Å². The molecule has 0 saturated carbocycles. The highest BCUT2D eigenvalue weighted by atomic mass is 32.2. The molecule has 0 bridgehead atoms. The third-order valence-electron chi connectivity index (χ3n) is 3.96. The molecule has 0 radical (unpaired) electrons. The highest BCUT2D eigenvalue weighted by Gasteiger charge is 2.17. The fourth-order valence-corrected chi connectivity index (χ4v) is 3.57. The first-order valence-electron chi connectivity index (χ1n) is 8.36. The van der Waals surface area contributed by atoms with Gasteiger partial charge >= 0.3 is 0 Å². The number of benzene rings is 2. The molecule has 0 aliphatic heterocycles. The van der Waals surface area contributed by atoms with Crippen molar-refractivity contribution in [3.63, 3.8) is 0 Å². The summed E-state index contributed by atoms with van der Waals surface area (Å²) in [5, 5.41) is 9.78. The van der Waals surface area contributed by atoms with Crippen LogP contribution in [0.1, 0.15) is 36.7 Å². The van der Waals surface area contributed by atoms with Gasteiger partial charge < -0.3 is 4.74 Å². The Labute approximate surface area is 153 Å². The Morgan fingerprint density at radius 2 is 1.84 bits per heavy atom. The lowest BCUT2D eigenvalue weighted by molar-refractivity contribution is 0.414. The number of aryl methyl sites for hydroxylation is 1. The molecule has 1 aromatic heterocycles. The van der Waals surface area contributed by atoms with Gasteiger partial charge in [-0.3, -0.25) is 4.57 Å². The average Bonchev–Trinajstić information content (AvgIpc) is 3.04. The van der Waals surface area contributed by atoms with Crippen LogP contribution in [0.4, 0.5) is 0 Å². The monoisotopic (exact) mass is 353 g/mol. The lowest BCUT2D eigenvalue weighted by Gasteiger charge is -2.12. The van der Waals surface area contributed by atoms with Crippen molar-refractivity contribution in [3.05, 3.63) is 65.5 Å². The zero-order chi connectivity index (χ0) is 17.8. The molecule has 0 N–H and O–H groups in total. The maximum Gasteiger partial charge on any atom is 0.196 e. The van der Waals surface area contributed by atoms with Gasteiger partial charge in [-0.05, 0) is 36.8 Å². The van der Waals surface area contributed by atoms with E-state index in [0.29, 0.717) is 5.92 Å². The van der Waals surface area contributed by atoms with Crippen LogP contribution in [-0.4, -0.2) is 21.9 Å². The molecule has 3 rings (SSSR count). The highest BCUT2D eigenvalue weighted by Crippen LogP contribution is 2.28. The molecule has 0 unspecified atom stereocenters. The quantitative estimate of drug-likeness (QED) is 0.585. The minimum atomic E-state index is 0.294. The Balaban J connectivity index is 1.91. The Morgan fingerprint density at radius 1 is 1.08 bits per heavy atom. The maximum atomic E-state index is 5.27. The largest absolute Gasteiger partial charge is 0.497 e. The van der Waals surface area contributed by atoms with Gasteiger partial charge in [-0.25, -0.2) is 0 Å². The number of methoxy groups -OCH3 is 1. The molecule has 5 heteroatoms. The van der Waals surface area contributed by atoms with Gasteiger partial charge in [-0.2, -0.15) is 0 Å². The van der Waals surface area contributed by atoms with Crippen molar-refractivity contribution in [2.45, 2.75) is 37.6 Å². The van der Waals surface area contributed by atoms with Crippen molar-refractivity contribution in [2.75, 3.05) is 7.11 Å². The first-order valence-corrected chi connectivity index (χ1v) is 9.35. The van der Waals surface area contributed by atoms with E-state index in [1.807, 2.05) is 24.3 Å². The smallest absolute Gasteiger partial charge is 0.196 e. The van der Waals surface area contributed by atoms with E-state index < -0.39 is 0 Å². The molecular formula is C20H23N3OS. The molecule has 25 heavy (non-hydrogen) atoms. The summed E-state index contributed by atoms with van der Waals surface area (Å²) in [5.74, 6) is 2.98. The van der Waals surface area contributed by atoms with Crippen LogP contribution in [0, 0.1) is 6.92 Å². The van der Waals surface area contributed by atoms with Crippen LogP contribution in [0.15, 0.2) is 53.7 Å². The van der Waals surface area contributed by atoms with Gasteiger partial charge in [0.1, 0.15) is 11.6 Å². The zero-order valence-corrected chi connectivity index (χ0v) is 15.9. The molecule has 2 aromatic carbocycles. The van der Waals surface area contributed by atoms with Gasteiger partial charge in [0.05, 0.1) is 7.11 Å². The molecule has 4 nitrogen and oxygen atoms in total. The van der Waals surface area contributed by atoms with Crippen molar-refractivity contribution >= 4 is 11.8 Å². The van der Waals surface area contributed by atoms with E-state index in [4.69, 9.17) is 4.74 Å². The fourth-order valence-electron chi connectivity index (χ4n) is 2.67. The van der Waals surface area contributed by atoms with E-state index in [-0.39, 0.29) is 0 Å². The molecule has 1 heterocycles. The molecule has 130 valence electrons. The third kappa shape index (κ3) is 4.04. The summed E-state index contributed by atoms with van der Waals surface area (Å²) >= 11 is 1.71. The second-order valence-corrected chi connectivity index (χ2v) is 7.25. The first kappa shape index (κ1) is 17.5. The van der Waals surface area contributed by atoms with Crippen molar-refractivity contribution in [3.8, 4) is 11.4 Å². The van der Waals surface area contributed by atoms with Crippen LogP contribution in [0.2, 0.25) is 0 Å².